The number of rotatable bonds is 4. The summed E-state index contributed by atoms with van der Waals surface area (Å²) >= 11 is 0. The third-order valence-corrected chi connectivity index (χ3v) is 2.72. The molecule has 0 saturated carbocycles. The van der Waals surface area contributed by atoms with Gasteiger partial charge in [-0.25, -0.2) is 0 Å². The average molecular weight is 184 g/mol. The van der Waals surface area contributed by atoms with E-state index < -0.39 is 0 Å². The second-order valence-corrected chi connectivity index (χ2v) is 4.08. The first kappa shape index (κ1) is 10.5. The molecule has 0 spiro atoms. The molecule has 0 aromatic carbocycles. The van der Waals surface area contributed by atoms with Crippen LogP contribution in [0, 0.1) is 0 Å². The van der Waals surface area contributed by atoms with Gasteiger partial charge in [0.05, 0.1) is 0 Å². The van der Waals surface area contributed by atoms with Crippen molar-refractivity contribution >= 4 is 6.41 Å². The van der Waals surface area contributed by atoms with Crippen molar-refractivity contribution in [3.8, 4) is 0 Å². The van der Waals surface area contributed by atoms with Crippen molar-refractivity contribution in [2.24, 2.45) is 0 Å². The number of likely N-dealkylation sites (tertiary alicyclic amines) is 1. The molecular formula is C10H20N2O. The molecule has 0 bridgehead atoms. The number of nitrogens with zero attached hydrogens (tertiary/aromatic N) is 2. The third kappa shape index (κ3) is 3.35. The van der Waals surface area contributed by atoms with E-state index in [0.717, 1.165) is 25.9 Å². The van der Waals surface area contributed by atoms with Gasteiger partial charge in [-0.15, -0.1) is 0 Å². The van der Waals surface area contributed by atoms with Crippen molar-refractivity contribution in [1.29, 1.82) is 0 Å². The van der Waals surface area contributed by atoms with Gasteiger partial charge in [-0.1, -0.05) is 0 Å². The van der Waals surface area contributed by atoms with Crippen molar-refractivity contribution in [1.82, 2.24) is 9.80 Å². The molecule has 3 heteroatoms. The Labute approximate surface area is 80.7 Å². The van der Waals surface area contributed by atoms with Crippen LogP contribution in [0.3, 0.4) is 0 Å². The van der Waals surface area contributed by atoms with Gasteiger partial charge >= 0.3 is 0 Å². The number of piperidine rings is 1. The van der Waals surface area contributed by atoms with Crippen LogP contribution >= 0.6 is 0 Å². The average Bonchev–Trinajstić information content (AvgIpc) is 2.15. The van der Waals surface area contributed by atoms with Gasteiger partial charge < -0.3 is 9.80 Å². The van der Waals surface area contributed by atoms with Crippen LogP contribution in [0.25, 0.3) is 0 Å². The second kappa shape index (κ2) is 5.22. The summed E-state index contributed by atoms with van der Waals surface area (Å²) in [5, 5.41) is 0. The van der Waals surface area contributed by atoms with E-state index in [1.165, 1.54) is 19.3 Å². The standard InChI is InChI=1S/C10H20N2O/c1-11(2)8-6-10-5-3-4-7-12(10)9-13/h9-10H,3-8H2,1-2H3. The zero-order valence-corrected chi connectivity index (χ0v) is 8.70. The normalized spacial score (nSPS) is 23.6. The number of carbonyl (C=O) groups is 1. The van der Waals surface area contributed by atoms with Gasteiger partial charge in [0.25, 0.3) is 0 Å². The fourth-order valence-corrected chi connectivity index (χ4v) is 1.88. The highest BCUT2D eigenvalue weighted by molar-refractivity contribution is 5.47. The molecule has 13 heavy (non-hydrogen) atoms. The molecule has 1 fully saturated rings. The van der Waals surface area contributed by atoms with Crippen LogP contribution in [0.2, 0.25) is 0 Å². The van der Waals surface area contributed by atoms with Crippen molar-refractivity contribution in [3.63, 3.8) is 0 Å². The Morgan fingerprint density at radius 3 is 2.85 bits per heavy atom. The largest absolute Gasteiger partial charge is 0.342 e. The minimum Gasteiger partial charge on any atom is -0.342 e. The van der Waals surface area contributed by atoms with Gasteiger partial charge in [0.15, 0.2) is 0 Å². The summed E-state index contributed by atoms with van der Waals surface area (Å²) in [6, 6.07) is 0.494. The zero-order valence-electron chi connectivity index (χ0n) is 8.70. The van der Waals surface area contributed by atoms with Crippen LogP contribution in [0.1, 0.15) is 25.7 Å². The molecule has 0 N–H and O–H groups in total. The lowest BCUT2D eigenvalue weighted by atomic mass is 10.00. The molecule has 3 nitrogen and oxygen atoms in total. The summed E-state index contributed by atoms with van der Waals surface area (Å²) in [6.07, 6.45) is 5.78. The van der Waals surface area contributed by atoms with Gasteiger partial charge in [0.1, 0.15) is 0 Å². The Hall–Kier alpha value is -0.570. The van der Waals surface area contributed by atoms with E-state index in [1.807, 2.05) is 4.90 Å². The molecule has 0 aliphatic carbocycles. The van der Waals surface area contributed by atoms with E-state index in [4.69, 9.17) is 0 Å². The molecule has 0 aromatic rings. The minimum absolute atomic E-state index is 0.494. The lowest BCUT2D eigenvalue weighted by molar-refractivity contribution is -0.121. The maximum absolute atomic E-state index is 10.7. The number of amides is 1. The first-order valence-corrected chi connectivity index (χ1v) is 5.10. The van der Waals surface area contributed by atoms with E-state index in [-0.39, 0.29) is 0 Å². The molecule has 1 heterocycles. The van der Waals surface area contributed by atoms with Gasteiger partial charge in [0.2, 0.25) is 6.41 Å². The lowest BCUT2D eigenvalue weighted by Crippen LogP contribution is -2.39. The molecule has 1 amide bonds. The van der Waals surface area contributed by atoms with Crippen LogP contribution in [-0.2, 0) is 4.79 Å². The van der Waals surface area contributed by atoms with Crippen LogP contribution in [0.5, 0.6) is 0 Å². The van der Waals surface area contributed by atoms with Gasteiger partial charge in [0, 0.05) is 12.6 Å². The van der Waals surface area contributed by atoms with Crippen molar-refractivity contribution in [2.75, 3.05) is 27.2 Å². The summed E-state index contributed by atoms with van der Waals surface area (Å²) in [5.41, 5.74) is 0. The molecule has 1 atom stereocenters. The lowest BCUT2D eigenvalue weighted by Gasteiger charge is -2.33. The predicted molar refractivity (Wildman–Crippen MR) is 53.6 cm³/mol. The summed E-state index contributed by atoms with van der Waals surface area (Å²) in [6.45, 7) is 2.04. The fourth-order valence-electron chi connectivity index (χ4n) is 1.88. The van der Waals surface area contributed by atoms with Crippen molar-refractivity contribution in [2.45, 2.75) is 31.7 Å². The summed E-state index contributed by atoms with van der Waals surface area (Å²) in [7, 11) is 4.15. The molecule has 1 saturated heterocycles. The zero-order chi connectivity index (χ0) is 9.68. The molecule has 0 aromatic heterocycles. The Morgan fingerprint density at radius 1 is 1.46 bits per heavy atom. The molecule has 76 valence electrons. The predicted octanol–water partition coefficient (Wildman–Crippen LogP) is 0.949. The molecule has 1 unspecified atom stereocenters. The third-order valence-electron chi connectivity index (χ3n) is 2.72. The van der Waals surface area contributed by atoms with Crippen LogP contribution in [0.15, 0.2) is 0 Å². The Morgan fingerprint density at radius 2 is 2.23 bits per heavy atom. The molecule has 1 aliphatic heterocycles. The van der Waals surface area contributed by atoms with E-state index in [0.29, 0.717) is 6.04 Å². The van der Waals surface area contributed by atoms with Gasteiger partial charge in [-0.05, 0) is 46.3 Å². The van der Waals surface area contributed by atoms with Crippen LogP contribution in [0.4, 0.5) is 0 Å². The molecule has 1 aliphatic rings. The molecular weight excluding hydrogens is 164 g/mol. The smallest absolute Gasteiger partial charge is 0.209 e. The minimum atomic E-state index is 0.494. The van der Waals surface area contributed by atoms with E-state index in [1.54, 1.807) is 0 Å². The fraction of sp³-hybridized carbons (Fsp3) is 0.900. The maximum Gasteiger partial charge on any atom is 0.209 e. The maximum atomic E-state index is 10.7. The highest BCUT2D eigenvalue weighted by Crippen LogP contribution is 2.17. The van der Waals surface area contributed by atoms with Gasteiger partial charge in [-0.3, -0.25) is 4.79 Å². The first-order valence-electron chi connectivity index (χ1n) is 5.10. The van der Waals surface area contributed by atoms with E-state index >= 15 is 0 Å². The highest BCUT2D eigenvalue weighted by atomic mass is 16.1. The van der Waals surface area contributed by atoms with Crippen molar-refractivity contribution < 1.29 is 4.79 Å². The monoisotopic (exact) mass is 184 g/mol. The number of hydrogen-bond acceptors (Lipinski definition) is 2. The number of carbonyl (C=O) groups excluding carboxylic acids is 1. The molecule has 1 rings (SSSR count). The molecule has 0 radical (unpaired) electrons. The van der Waals surface area contributed by atoms with Gasteiger partial charge in [-0.2, -0.15) is 0 Å². The van der Waals surface area contributed by atoms with Crippen molar-refractivity contribution in [3.05, 3.63) is 0 Å². The highest BCUT2D eigenvalue weighted by Gasteiger charge is 2.20. The summed E-state index contributed by atoms with van der Waals surface area (Å²) < 4.78 is 0. The second-order valence-electron chi connectivity index (χ2n) is 4.08. The quantitative estimate of drug-likeness (QED) is 0.607. The van der Waals surface area contributed by atoms with Crippen LogP contribution in [-0.4, -0.2) is 49.4 Å². The van der Waals surface area contributed by atoms with E-state index in [2.05, 4.69) is 19.0 Å². The van der Waals surface area contributed by atoms with Crippen LogP contribution < -0.4 is 0 Å². The first-order chi connectivity index (χ1) is 6.24. The Kier molecular flexibility index (Phi) is 4.22. The Balaban J connectivity index is 2.31. The summed E-state index contributed by atoms with van der Waals surface area (Å²) in [5.74, 6) is 0. The Bertz CT molecular complexity index is 159. The topological polar surface area (TPSA) is 23.6 Å². The SMILES string of the molecule is CN(C)CCC1CCCCN1C=O. The summed E-state index contributed by atoms with van der Waals surface area (Å²) in [4.78, 5) is 14.9. The number of hydrogen-bond donors (Lipinski definition) is 0. The van der Waals surface area contributed by atoms with E-state index in [9.17, 15) is 4.79 Å².